The van der Waals surface area contributed by atoms with Gasteiger partial charge >= 0.3 is 6.18 Å². The Bertz CT molecular complexity index is 908. The first-order chi connectivity index (χ1) is 12.5. The van der Waals surface area contributed by atoms with Gasteiger partial charge in [-0.25, -0.2) is 4.98 Å². The van der Waals surface area contributed by atoms with Crippen LogP contribution >= 0.6 is 19.6 Å². The molecule has 0 N–H and O–H groups in total. The molecule has 146 valence electrons. The fraction of sp³-hybridized carbons (Fsp3) is 0.267. The molecule has 0 spiro atoms. The highest BCUT2D eigenvalue weighted by Gasteiger charge is 2.32. The standard InChI is InChI=1S/C15H13ClF3N2O5P/c1-3-25-27(24)13-6-12(8(2)4-11(13)21(22)23)26-14-10(16)5-9(7-20-14)15(17,18)19/h4-7,27H,3H2,1-2H3. The number of aromatic nitrogens is 1. The number of nitrogens with zero attached hydrogens (tertiary/aromatic N) is 2. The van der Waals surface area contributed by atoms with Crippen molar-refractivity contribution >= 4 is 30.6 Å². The van der Waals surface area contributed by atoms with Crippen molar-refractivity contribution in [2.45, 2.75) is 20.0 Å². The maximum Gasteiger partial charge on any atom is 0.417 e. The number of hydrogen-bond acceptors (Lipinski definition) is 6. The Morgan fingerprint density at radius 2 is 2.00 bits per heavy atom. The van der Waals surface area contributed by atoms with E-state index in [1.807, 2.05) is 0 Å². The quantitative estimate of drug-likeness (QED) is 0.372. The summed E-state index contributed by atoms with van der Waals surface area (Å²) in [5.74, 6) is -0.327. The molecule has 1 aromatic carbocycles. The number of hydrogen-bond donors (Lipinski definition) is 0. The number of halogens is 4. The van der Waals surface area contributed by atoms with Crippen LogP contribution in [0.5, 0.6) is 11.6 Å². The van der Waals surface area contributed by atoms with Crippen molar-refractivity contribution in [2.24, 2.45) is 0 Å². The minimum Gasteiger partial charge on any atom is -0.437 e. The number of pyridine rings is 1. The van der Waals surface area contributed by atoms with E-state index in [0.29, 0.717) is 12.3 Å². The number of benzene rings is 1. The maximum absolute atomic E-state index is 12.7. The fourth-order valence-corrected chi connectivity index (χ4v) is 3.31. The normalized spacial score (nSPS) is 12.7. The SMILES string of the molecule is CCO[PH](=O)c1cc(Oc2ncc(C(F)(F)F)cc2Cl)c(C)cc1[N+](=O)[O-]. The maximum atomic E-state index is 12.7. The highest BCUT2D eigenvalue weighted by Crippen LogP contribution is 2.37. The topological polar surface area (TPSA) is 91.6 Å². The molecular formula is C15H13ClF3N2O5P. The van der Waals surface area contributed by atoms with Gasteiger partial charge in [0.05, 0.1) is 17.1 Å². The van der Waals surface area contributed by atoms with Crippen LogP contribution in [-0.4, -0.2) is 16.5 Å². The van der Waals surface area contributed by atoms with Crippen LogP contribution in [0.2, 0.25) is 5.02 Å². The van der Waals surface area contributed by atoms with Crippen molar-refractivity contribution in [3.63, 3.8) is 0 Å². The van der Waals surface area contributed by atoms with Gasteiger partial charge in [-0.1, -0.05) is 11.6 Å². The lowest BCUT2D eigenvalue weighted by molar-refractivity contribution is -0.383. The van der Waals surface area contributed by atoms with Crippen molar-refractivity contribution < 1.29 is 31.9 Å². The summed E-state index contributed by atoms with van der Waals surface area (Å²) in [5, 5.41) is 10.6. The third-order valence-corrected chi connectivity index (χ3v) is 4.99. The molecule has 0 fully saturated rings. The molecular weight excluding hydrogens is 412 g/mol. The summed E-state index contributed by atoms with van der Waals surface area (Å²) >= 11 is 5.80. The van der Waals surface area contributed by atoms with Crippen molar-refractivity contribution in [1.82, 2.24) is 4.98 Å². The van der Waals surface area contributed by atoms with Crippen LogP contribution in [0, 0.1) is 17.0 Å². The molecule has 0 saturated heterocycles. The van der Waals surface area contributed by atoms with Crippen LogP contribution in [-0.2, 0) is 15.3 Å². The van der Waals surface area contributed by atoms with E-state index in [0.717, 1.165) is 12.1 Å². The lowest BCUT2D eigenvalue weighted by Crippen LogP contribution is -2.09. The third kappa shape index (κ3) is 4.97. The van der Waals surface area contributed by atoms with Crippen molar-refractivity contribution in [3.8, 4) is 11.6 Å². The van der Waals surface area contributed by atoms with Crippen LogP contribution in [0.15, 0.2) is 24.4 Å². The Kier molecular flexibility index (Phi) is 6.46. The van der Waals surface area contributed by atoms with Crippen molar-refractivity contribution in [3.05, 3.63) is 50.7 Å². The molecule has 0 radical (unpaired) electrons. The van der Waals surface area contributed by atoms with Gasteiger partial charge in [-0.3, -0.25) is 14.7 Å². The number of nitro groups is 1. The van der Waals surface area contributed by atoms with E-state index in [2.05, 4.69) is 4.98 Å². The smallest absolute Gasteiger partial charge is 0.417 e. The molecule has 12 heteroatoms. The van der Waals surface area contributed by atoms with Gasteiger partial charge in [0.1, 0.15) is 16.1 Å². The highest BCUT2D eigenvalue weighted by molar-refractivity contribution is 7.48. The average Bonchev–Trinajstić information content (AvgIpc) is 2.57. The summed E-state index contributed by atoms with van der Waals surface area (Å²) in [5.41, 5.74) is -1.19. The van der Waals surface area contributed by atoms with Gasteiger partial charge in [0.15, 0.2) is 0 Å². The second kappa shape index (κ2) is 8.24. The van der Waals surface area contributed by atoms with Crippen LogP contribution in [0.4, 0.5) is 18.9 Å². The van der Waals surface area contributed by atoms with Gasteiger partial charge < -0.3 is 9.26 Å². The van der Waals surface area contributed by atoms with Gasteiger partial charge in [-0.2, -0.15) is 13.2 Å². The molecule has 0 aliphatic carbocycles. The molecule has 0 aliphatic heterocycles. The van der Waals surface area contributed by atoms with E-state index in [1.165, 1.54) is 6.92 Å². The molecule has 2 aromatic rings. The lowest BCUT2D eigenvalue weighted by Gasteiger charge is -2.13. The van der Waals surface area contributed by atoms with E-state index in [9.17, 15) is 27.9 Å². The minimum absolute atomic E-state index is 0.00260. The first kappa shape index (κ1) is 21.1. The molecule has 1 unspecified atom stereocenters. The molecule has 7 nitrogen and oxygen atoms in total. The predicted molar refractivity (Wildman–Crippen MR) is 92.4 cm³/mol. The molecule has 0 aliphatic rings. The monoisotopic (exact) mass is 424 g/mol. The third-order valence-electron chi connectivity index (χ3n) is 3.33. The summed E-state index contributed by atoms with van der Waals surface area (Å²) in [7, 11) is -2.93. The van der Waals surface area contributed by atoms with Crippen molar-refractivity contribution in [2.75, 3.05) is 6.61 Å². The fourth-order valence-electron chi connectivity index (χ4n) is 2.07. The van der Waals surface area contributed by atoms with Gasteiger partial charge in [0.2, 0.25) is 13.9 Å². The minimum atomic E-state index is -4.62. The van der Waals surface area contributed by atoms with Crippen LogP contribution in [0.25, 0.3) is 0 Å². The molecule has 0 amide bonds. The van der Waals surface area contributed by atoms with Crippen molar-refractivity contribution in [1.29, 1.82) is 0 Å². The molecule has 0 saturated carbocycles. The van der Waals surface area contributed by atoms with E-state index in [1.54, 1.807) is 6.92 Å². The first-order valence-electron chi connectivity index (χ1n) is 7.41. The second-order valence-corrected chi connectivity index (χ2v) is 7.03. The average molecular weight is 425 g/mol. The zero-order valence-corrected chi connectivity index (χ0v) is 15.7. The van der Waals surface area contributed by atoms with Gasteiger partial charge in [0, 0.05) is 18.3 Å². The van der Waals surface area contributed by atoms with Crippen LogP contribution in [0.1, 0.15) is 18.1 Å². The summed E-state index contributed by atoms with van der Waals surface area (Å²) < 4.78 is 60.5. The zero-order valence-electron chi connectivity index (χ0n) is 14.0. The zero-order chi connectivity index (χ0) is 20.4. The number of alkyl halides is 3. The van der Waals surface area contributed by atoms with Gasteiger partial charge in [0.25, 0.3) is 5.69 Å². The van der Waals surface area contributed by atoms with Gasteiger partial charge in [-0.05, 0) is 25.5 Å². The lowest BCUT2D eigenvalue weighted by atomic mass is 10.2. The Morgan fingerprint density at radius 1 is 1.33 bits per heavy atom. The van der Waals surface area contributed by atoms with Gasteiger partial charge in [-0.15, -0.1) is 0 Å². The van der Waals surface area contributed by atoms with E-state index in [-0.39, 0.29) is 29.1 Å². The van der Waals surface area contributed by atoms with Crippen LogP contribution < -0.4 is 10.0 Å². The Balaban J connectivity index is 2.46. The summed E-state index contributed by atoms with van der Waals surface area (Å²) in [6.45, 7) is 3.12. The van der Waals surface area contributed by atoms with E-state index < -0.39 is 35.4 Å². The Hall–Kier alpha value is -2.16. The highest BCUT2D eigenvalue weighted by atomic mass is 35.5. The Labute approximate surface area is 157 Å². The molecule has 1 aromatic heterocycles. The molecule has 0 bridgehead atoms. The van der Waals surface area contributed by atoms with E-state index >= 15 is 0 Å². The largest absolute Gasteiger partial charge is 0.437 e. The first-order valence-corrected chi connectivity index (χ1v) is 9.10. The van der Waals surface area contributed by atoms with Crippen LogP contribution in [0.3, 0.4) is 0 Å². The summed E-state index contributed by atoms with van der Waals surface area (Å²) in [4.78, 5) is 14.0. The molecule has 1 heterocycles. The Morgan fingerprint density at radius 3 is 2.52 bits per heavy atom. The number of nitro benzene ring substituents is 1. The summed E-state index contributed by atoms with van der Waals surface area (Å²) in [6, 6.07) is 2.92. The predicted octanol–water partition coefficient (Wildman–Crippen LogP) is 4.90. The van der Waals surface area contributed by atoms with E-state index in [4.69, 9.17) is 20.9 Å². The molecule has 2 rings (SSSR count). The summed E-state index contributed by atoms with van der Waals surface area (Å²) in [6.07, 6.45) is -4.07. The molecule has 1 atom stereocenters. The number of aryl methyl sites for hydroxylation is 1. The molecule has 27 heavy (non-hydrogen) atoms. The second-order valence-electron chi connectivity index (χ2n) is 5.22. The number of ether oxygens (including phenoxy) is 1. The number of rotatable bonds is 6.